The SMILES string of the molecule is CCOC(=O)c1cc(Cl)cnc1I. The zero-order chi connectivity index (χ0) is 9.84. The number of rotatable bonds is 2. The van der Waals surface area contributed by atoms with Gasteiger partial charge in [-0.2, -0.15) is 0 Å². The zero-order valence-corrected chi connectivity index (χ0v) is 9.79. The number of esters is 1. The molecule has 0 unspecified atom stereocenters. The lowest BCUT2D eigenvalue weighted by atomic mass is 10.3. The van der Waals surface area contributed by atoms with Crippen LogP contribution in [-0.2, 0) is 4.74 Å². The number of nitrogens with zero attached hydrogens (tertiary/aromatic N) is 1. The number of hydrogen-bond acceptors (Lipinski definition) is 3. The van der Waals surface area contributed by atoms with Crippen molar-refractivity contribution in [2.24, 2.45) is 0 Å². The van der Waals surface area contributed by atoms with Gasteiger partial charge in [0.05, 0.1) is 17.2 Å². The van der Waals surface area contributed by atoms with E-state index in [0.29, 0.717) is 20.9 Å². The van der Waals surface area contributed by atoms with Crippen LogP contribution < -0.4 is 0 Å². The maximum Gasteiger partial charge on any atom is 0.340 e. The summed E-state index contributed by atoms with van der Waals surface area (Å²) in [6.45, 7) is 2.10. The fraction of sp³-hybridized carbons (Fsp3) is 0.250. The van der Waals surface area contributed by atoms with Crippen molar-refractivity contribution < 1.29 is 9.53 Å². The minimum atomic E-state index is -0.387. The van der Waals surface area contributed by atoms with Crippen LogP contribution in [0.1, 0.15) is 17.3 Å². The fourth-order valence-electron chi connectivity index (χ4n) is 0.775. The molecule has 0 saturated heterocycles. The van der Waals surface area contributed by atoms with Gasteiger partial charge >= 0.3 is 5.97 Å². The number of hydrogen-bond donors (Lipinski definition) is 0. The van der Waals surface area contributed by atoms with Crippen molar-refractivity contribution in [1.82, 2.24) is 4.98 Å². The average molecular weight is 312 g/mol. The van der Waals surface area contributed by atoms with E-state index in [9.17, 15) is 4.79 Å². The quantitative estimate of drug-likeness (QED) is 0.479. The summed E-state index contributed by atoms with van der Waals surface area (Å²) in [6, 6.07) is 1.55. The molecule has 0 amide bonds. The summed E-state index contributed by atoms with van der Waals surface area (Å²) in [5.41, 5.74) is 0.412. The van der Waals surface area contributed by atoms with E-state index in [1.54, 1.807) is 13.0 Å². The Balaban J connectivity index is 2.99. The van der Waals surface area contributed by atoms with E-state index < -0.39 is 0 Å². The van der Waals surface area contributed by atoms with Crippen LogP contribution in [0.25, 0.3) is 0 Å². The van der Waals surface area contributed by atoms with E-state index in [1.807, 2.05) is 22.6 Å². The predicted molar refractivity (Wildman–Crippen MR) is 57.9 cm³/mol. The second-order valence-electron chi connectivity index (χ2n) is 2.21. The third kappa shape index (κ3) is 2.80. The van der Waals surface area contributed by atoms with Gasteiger partial charge in [-0.3, -0.25) is 0 Å². The van der Waals surface area contributed by atoms with Crippen LogP contribution in [0, 0.1) is 3.70 Å². The molecule has 0 saturated carbocycles. The maximum atomic E-state index is 11.3. The molecule has 0 radical (unpaired) electrons. The molecule has 1 rings (SSSR count). The highest BCUT2D eigenvalue weighted by molar-refractivity contribution is 14.1. The van der Waals surface area contributed by atoms with Crippen molar-refractivity contribution in [3.8, 4) is 0 Å². The average Bonchev–Trinajstić information content (AvgIpc) is 2.09. The van der Waals surface area contributed by atoms with Crippen LogP contribution in [0.4, 0.5) is 0 Å². The van der Waals surface area contributed by atoms with E-state index in [2.05, 4.69) is 4.98 Å². The molecule has 0 aliphatic carbocycles. The number of carbonyl (C=O) groups excluding carboxylic acids is 1. The number of pyridine rings is 1. The lowest BCUT2D eigenvalue weighted by Gasteiger charge is -2.03. The molecule has 0 aliphatic heterocycles. The largest absolute Gasteiger partial charge is 0.462 e. The van der Waals surface area contributed by atoms with Gasteiger partial charge in [0.2, 0.25) is 0 Å². The Labute approximate surface area is 94.6 Å². The van der Waals surface area contributed by atoms with Gasteiger partial charge in [0.15, 0.2) is 0 Å². The third-order valence-electron chi connectivity index (χ3n) is 1.30. The van der Waals surface area contributed by atoms with Crippen LogP contribution in [0.5, 0.6) is 0 Å². The number of halogens is 2. The van der Waals surface area contributed by atoms with Crippen molar-refractivity contribution in [1.29, 1.82) is 0 Å². The smallest absolute Gasteiger partial charge is 0.340 e. The van der Waals surface area contributed by atoms with Gasteiger partial charge in [0.1, 0.15) is 3.70 Å². The Morgan fingerprint density at radius 3 is 3.08 bits per heavy atom. The summed E-state index contributed by atoms with van der Waals surface area (Å²) in [4.78, 5) is 15.2. The first-order chi connectivity index (χ1) is 6.15. The molecule has 1 aromatic rings. The predicted octanol–water partition coefficient (Wildman–Crippen LogP) is 2.52. The normalized spacial score (nSPS) is 9.77. The molecule has 13 heavy (non-hydrogen) atoms. The Kier molecular flexibility index (Phi) is 3.92. The lowest BCUT2D eigenvalue weighted by Crippen LogP contribution is -2.07. The van der Waals surface area contributed by atoms with E-state index >= 15 is 0 Å². The number of ether oxygens (including phenoxy) is 1. The molecule has 5 heteroatoms. The Morgan fingerprint density at radius 2 is 2.46 bits per heavy atom. The molecule has 1 aromatic heterocycles. The van der Waals surface area contributed by atoms with Crippen LogP contribution in [-0.4, -0.2) is 17.6 Å². The molecular weight excluding hydrogens is 304 g/mol. The summed E-state index contributed by atoms with van der Waals surface area (Å²) >= 11 is 7.65. The second kappa shape index (κ2) is 4.76. The molecular formula is C8H7ClINO2. The molecule has 3 nitrogen and oxygen atoms in total. The first-order valence-corrected chi connectivity index (χ1v) is 5.09. The molecule has 1 heterocycles. The molecule has 0 aromatic carbocycles. The molecule has 0 fully saturated rings. The van der Waals surface area contributed by atoms with Gasteiger partial charge in [-0.1, -0.05) is 11.6 Å². The van der Waals surface area contributed by atoms with E-state index in [1.165, 1.54) is 6.20 Å². The summed E-state index contributed by atoms with van der Waals surface area (Å²) in [7, 11) is 0. The fourth-order valence-corrected chi connectivity index (χ4v) is 1.45. The molecule has 0 aliphatic rings. The summed E-state index contributed by atoms with van der Waals surface area (Å²) < 4.78 is 5.42. The van der Waals surface area contributed by atoms with Gasteiger partial charge in [0.25, 0.3) is 0 Å². The van der Waals surface area contributed by atoms with Gasteiger partial charge in [-0.25, -0.2) is 9.78 Å². The topological polar surface area (TPSA) is 39.2 Å². The van der Waals surface area contributed by atoms with E-state index in [-0.39, 0.29) is 5.97 Å². The van der Waals surface area contributed by atoms with Crippen LogP contribution >= 0.6 is 34.2 Å². The first kappa shape index (κ1) is 10.7. The highest BCUT2D eigenvalue weighted by Crippen LogP contribution is 2.15. The molecule has 0 N–H and O–H groups in total. The monoisotopic (exact) mass is 311 g/mol. The Bertz CT molecular complexity index is 330. The van der Waals surface area contributed by atoms with Crippen molar-refractivity contribution in [2.75, 3.05) is 6.61 Å². The Hall–Kier alpha value is -0.360. The molecule has 0 spiro atoms. The maximum absolute atomic E-state index is 11.3. The lowest BCUT2D eigenvalue weighted by molar-refractivity contribution is 0.0524. The van der Waals surface area contributed by atoms with Crippen LogP contribution in [0.15, 0.2) is 12.3 Å². The van der Waals surface area contributed by atoms with E-state index in [4.69, 9.17) is 16.3 Å². The highest BCUT2D eigenvalue weighted by atomic mass is 127. The van der Waals surface area contributed by atoms with Crippen molar-refractivity contribution >= 4 is 40.2 Å². The Morgan fingerprint density at radius 1 is 1.77 bits per heavy atom. The molecule has 0 bridgehead atoms. The van der Waals surface area contributed by atoms with Gasteiger partial charge in [-0.05, 0) is 35.6 Å². The number of aromatic nitrogens is 1. The second-order valence-corrected chi connectivity index (χ2v) is 3.67. The first-order valence-electron chi connectivity index (χ1n) is 3.63. The molecule has 0 atom stereocenters. The highest BCUT2D eigenvalue weighted by Gasteiger charge is 2.12. The van der Waals surface area contributed by atoms with Crippen LogP contribution in [0.2, 0.25) is 5.02 Å². The van der Waals surface area contributed by atoms with Crippen molar-refractivity contribution in [3.05, 3.63) is 26.5 Å². The van der Waals surface area contributed by atoms with Gasteiger partial charge in [-0.15, -0.1) is 0 Å². The summed E-state index contributed by atoms with van der Waals surface area (Å²) in [5, 5.41) is 0.434. The van der Waals surface area contributed by atoms with E-state index in [0.717, 1.165) is 0 Å². The minimum Gasteiger partial charge on any atom is -0.462 e. The van der Waals surface area contributed by atoms with Gasteiger partial charge in [0, 0.05) is 6.20 Å². The molecule has 70 valence electrons. The van der Waals surface area contributed by atoms with Crippen molar-refractivity contribution in [3.63, 3.8) is 0 Å². The van der Waals surface area contributed by atoms with Crippen LogP contribution in [0.3, 0.4) is 0 Å². The third-order valence-corrected chi connectivity index (χ3v) is 2.37. The van der Waals surface area contributed by atoms with Gasteiger partial charge < -0.3 is 4.74 Å². The minimum absolute atomic E-state index is 0.349. The standard InChI is InChI=1S/C8H7ClINO2/c1-2-13-8(12)6-3-5(9)4-11-7(6)10/h3-4H,2H2,1H3. The van der Waals surface area contributed by atoms with Crippen molar-refractivity contribution in [2.45, 2.75) is 6.92 Å². The summed E-state index contributed by atoms with van der Waals surface area (Å²) in [5.74, 6) is -0.387. The number of carbonyl (C=O) groups is 1. The summed E-state index contributed by atoms with van der Waals surface area (Å²) in [6.07, 6.45) is 1.49. The zero-order valence-electron chi connectivity index (χ0n) is 6.88.